The molecule has 0 spiro atoms. The molecule has 0 aliphatic carbocycles. The van der Waals surface area contributed by atoms with Crippen LogP contribution >= 0.6 is 0 Å². The number of hydrogen-bond donors (Lipinski definition) is 3. The predicted octanol–water partition coefficient (Wildman–Crippen LogP) is 5.05. The van der Waals surface area contributed by atoms with E-state index in [1.165, 1.54) is 0 Å². The molecular weight excluding hydrogens is 464 g/mol. The Kier molecular flexibility index (Phi) is 9.08. The Balaban J connectivity index is 1.81. The monoisotopic (exact) mass is 504 g/mol. The molecule has 1 aromatic carbocycles. The van der Waals surface area contributed by atoms with Crippen LogP contribution in [-0.2, 0) is 4.74 Å². The van der Waals surface area contributed by atoms with Crippen LogP contribution < -0.4 is 10.6 Å². The topological polar surface area (TPSA) is 106 Å². The highest BCUT2D eigenvalue weighted by Crippen LogP contribution is 2.37. The maximum absolute atomic E-state index is 10.2. The number of ether oxygens (including phenoxy) is 1. The second-order valence-electron chi connectivity index (χ2n) is 10.7. The summed E-state index contributed by atoms with van der Waals surface area (Å²) in [6.07, 6.45) is 6.66. The number of allylic oxidation sites excluding steroid dienone is 1. The van der Waals surface area contributed by atoms with E-state index in [1.807, 2.05) is 37.3 Å². The van der Waals surface area contributed by atoms with Gasteiger partial charge in [-0.15, -0.1) is 0 Å². The van der Waals surface area contributed by atoms with Crippen LogP contribution in [0.5, 0.6) is 0 Å². The van der Waals surface area contributed by atoms with Crippen molar-refractivity contribution in [2.45, 2.75) is 77.9 Å². The van der Waals surface area contributed by atoms with Crippen molar-refractivity contribution in [1.82, 2.24) is 20.2 Å². The molecule has 8 nitrogen and oxygen atoms in total. The molecule has 1 aliphatic heterocycles. The average Bonchev–Trinajstić information content (AvgIpc) is 2.84. The van der Waals surface area contributed by atoms with Gasteiger partial charge < -0.3 is 20.1 Å². The van der Waals surface area contributed by atoms with Crippen molar-refractivity contribution in [1.29, 1.82) is 5.26 Å². The molecular formula is C29H40N6O2. The summed E-state index contributed by atoms with van der Waals surface area (Å²) in [6.45, 7) is 17.7. The minimum atomic E-state index is -0.897. The Bertz CT molecular complexity index is 1130. The number of aliphatic hydroxyl groups excluding tert-OH is 1. The van der Waals surface area contributed by atoms with Gasteiger partial charge >= 0.3 is 0 Å². The number of aromatic nitrogens is 2. The third-order valence-electron chi connectivity index (χ3n) is 6.47. The highest BCUT2D eigenvalue weighted by atomic mass is 16.5. The van der Waals surface area contributed by atoms with Gasteiger partial charge in [-0.25, -0.2) is 9.97 Å². The summed E-state index contributed by atoms with van der Waals surface area (Å²) in [5, 5.41) is 24.9. The summed E-state index contributed by atoms with van der Waals surface area (Å²) in [4.78, 5) is 11.6. The molecule has 1 atom stereocenters. The molecule has 1 aliphatic rings. The molecule has 198 valence electrons. The Labute approximate surface area is 221 Å². The van der Waals surface area contributed by atoms with Crippen molar-refractivity contribution in [2.24, 2.45) is 0 Å². The predicted molar refractivity (Wildman–Crippen MR) is 147 cm³/mol. The van der Waals surface area contributed by atoms with E-state index in [-0.39, 0.29) is 17.7 Å². The summed E-state index contributed by atoms with van der Waals surface area (Å²) < 4.78 is 6.28. The van der Waals surface area contributed by atoms with Crippen molar-refractivity contribution < 1.29 is 9.84 Å². The lowest BCUT2D eigenvalue weighted by molar-refractivity contribution is -0.173. The van der Waals surface area contributed by atoms with E-state index in [1.54, 1.807) is 12.3 Å². The minimum Gasteiger partial charge on any atom is -0.374 e. The van der Waals surface area contributed by atoms with Gasteiger partial charge in [-0.3, -0.25) is 5.32 Å². The first-order valence-corrected chi connectivity index (χ1v) is 12.8. The van der Waals surface area contributed by atoms with E-state index in [0.29, 0.717) is 17.6 Å². The van der Waals surface area contributed by atoms with Crippen molar-refractivity contribution in [3.63, 3.8) is 0 Å². The number of rotatable bonds is 10. The molecule has 0 saturated carbocycles. The zero-order valence-electron chi connectivity index (χ0n) is 22.9. The number of benzene rings is 1. The van der Waals surface area contributed by atoms with Crippen LogP contribution in [0.4, 0.5) is 5.95 Å². The lowest BCUT2D eigenvalue weighted by Gasteiger charge is -2.48. The first-order valence-electron chi connectivity index (χ1n) is 12.8. The van der Waals surface area contributed by atoms with Crippen LogP contribution in [0.2, 0.25) is 0 Å². The van der Waals surface area contributed by atoms with Gasteiger partial charge in [0.25, 0.3) is 0 Å². The van der Waals surface area contributed by atoms with Gasteiger partial charge in [0.05, 0.1) is 35.2 Å². The lowest BCUT2D eigenvalue weighted by atomic mass is 9.84. The molecule has 1 aromatic heterocycles. The maximum Gasteiger partial charge on any atom is 0.227 e. The molecule has 3 N–H and O–H groups in total. The largest absolute Gasteiger partial charge is 0.374 e. The molecule has 1 fully saturated rings. The smallest absolute Gasteiger partial charge is 0.227 e. The van der Waals surface area contributed by atoms with Crippen molar-refractivity contribution >= 4 is 5.95 Å². The van der Waals surface area contributed by atoms with Gasteiger partial charge in [-0.1, -0.05) is 30.8 Å². The number of anilines is 1. The standard InChI is InChI=1S/C29H40N6O2/c1-8-23(19-35(9-2)24-16-28(4,5)37-29(6,7)17-24)33-27-32-18-20(3)25(34-27)21-10-12-22(13-11-21)26(36)31-15-14-30/h8,10-13,18-19,24,26,31,36H,1,9,15-17H2,2-7H3,(H,32,33,34)/b23-19+. The molecule has 1 saturated heterocycles. The quantitative estimate of drug-likeness (QED) is 0.234. The normalized spacial score (nSPS) is 18.1. The SMILES string of the molecule is C=C/C(=C\N(CC)C1CC(C)(C)OC(C)(C)C1)Nc1ncc(C)c(-c2ccc(C(O)NCC#N)cc2)n1. The van der Waals surface area contributed by atoms with Crippen LogP contribution in [-0.4, -0.2) is 50.3 Å². The molecule has 2 aromatic rings. The maximum atomic E-state index is 10.2. The summed E-state index contributed by atoms with van der Waals surface area (Å²) >= 11 is 0. The third kappa shape index (κ3) is 7.62. The van der Waals surface area contributed by atoms with Crippen LogP contribution in [0, 0.1) is 18.3 Å². The Morgan fingerprint density at radius 2 is 1.92 bits per heavy atom. The average molecular weight is 505 g/mol. The van der Waals surface area contributed by atoms with Gasteiger partial charge in [-0.2, -0.15) is 5.26 Å². The van der Waals surface area contributed by atoms with Gasteiger partial charge in [0, 0.05) is 30.5 Å². The highest BCUT2D eigenvalue weighted by Gasteiger charge is 2.40. The number of hydrogen-bond acceptors (Lipinski definition) is 8. The number of aryl methyl sites for hydroxylation is 1. The van der Waals surface area contributed by atoms with Crippen molar-refractivity contribution in [3.05, 3.63) is 66.1 Å². The zero-order valence-corrected chi connectivity index (χ0v) is 22.9. The Morgan fingerprint density at radius 3 is 2.49 bits per heavy atom. The van der Waals surface area contributed by atoms with Crippen LogP contribution in [0.15, 0.2) is 55.0 Å². The zero-order chi connectivity index (χ0) is 27.2. The van der Waals surface area contributed by atoms with Gasteiger partial charge in [-0.05, 0) is 71.6 Å². The van der Waals surface area contributed by atoms with E-state index in [9.17, 15) is 5.11 Å². The molecule has 37 heavy (non-hydrogen) atoms. The fraction of sp³-hybridized carbons (Fsp3) is 0.483. The molecule has 0 amide bonds. The summed E-state index contributed by atoms with van der Waals surface area (Å²) in [7, 11) is 0. The van der Waals surface area contributed by atoms with Gasteiger partial charge in [0.15, 0.2) is 0 Å². The van der Waals surface area contributed by atoms with Crippen LogP contribution in [0.1, 0.15) is 64.8 Å². The van der Waals surface area contributed by atoms with Crippen molar-refractivity contribution in [2.75, 3.05) is 18.4 Å². The van der Waals surface area contributed by atoms with Gasteiger partial charge in [0.2, 0.25) is 5.95 Å². The molecule has 1 unspecified atom stereocenters. The van der Waals surface area contributed by atoms with E-state index in [4.69, 9.17) is 15.0 Å². The first kappa shape index (κ1) is 28.3. The van der Waals surface area contributed by atoms with E-state index >= 15 is 0 Å². The summed E-state index contributed by atoms with van der Waals surface area (Å²) in [6, 6.07) is 9.76. The minimum absolute atomic E-state index is 0.0711. The summed E-state index contributed by atoms with van der Waals surface area (Å²) in [5.41, 5.74) is 3.76. The van der Waals surface area contributed by atoms with E-state index in [0.717, 1.165) is 41.9 Å². The lowest BCUT2D eigenvalue weighted by Crippen LogP contribution is -2.52. The van der Waals surface area contributed by atoms with Crippen LogP contribution in [0.3, 0.4) is 0 Å². The second kappa shape index (κ2) is 11.9. The second-order valence-corrected chi connectivity index (χ2v) is 10.7. The van der Waals surface area contributed by atoms with E-state index in [2.05, 4.69) is 67.9 Å². The molecule has 0 radical (unpaired) electrons. The van der Waals surface area contributed by atoms with E-state index < -0.39 is 6.23 Å². The first-order chi connectivity index (χ1) is 17.5. The molecule has 0 bridgehead atoms. The number of aliphatic hydroxyl groups is 1. The number of nitriles is 1. The molecule has 8 heteroatoms. The third-order valence-corrected chi connectivity index (χ3v) is 6.47. The Hall–Kier alpha value is -3.25. The number of nitrogens with one attached hydrogen (secondary N) is 2. The Morgan fingerprint density at radius 1 is 1.27 bits per heavy atom. The fourth-order valence-corrected chi connectivity index (χ4v) is 5.05. The van der Waals surface area contributed by atoms with Crippen LogP contribution in [0.25, 0.3) is 11.3 Å². The van der Waals surface area contributed by atoms with Crippen molar-refractivity contribution in [3.8, 4) is 17.3 Å². The highest BCUT2D eigenvalue weighted by molar-refractivity contribution is 5.64. The summed E-state index contributed by atoms with van der Waals surface area (Å²) in [5.74, 6) is 0.482. The van der Waals surface area contributed by atoms with Gasteiger partial charge in [0.1, 0.15) is 6.23 Å². The molecule has 2 heterocycles. The molecule has 3 rings (SSSR count). The number of nitrogens with zero attached hydrogens (tertiary/aromatic N) is 4. The fourth-order valence-electron chi connectivity index (χ4n) is 5.05.